The number of hydrogen-bond acceptors (Lipinski definition) is 7. The number of nitrogens with zero attached hydrogens (tertiary/aromatic N) is 2. The van der Waals surface area contributed by atoms with E-state index in [2.05, 4.69) is 10.3 Å². The van der Waals surface area contributed by atoms with Crippen molar-refractivity contribution in [1.29, 1.82) is 0 Å². The number of carbonyl (C=O) groups is 2. The summed E-state index contributed by atoms with van der Waals surface area (Å²) in [6.45, 7) is 4.69. The molecule has 0 fully saturated rings. The first kappa shape index (κ1) is 24.3. The lowest BCUT2D eigenvalue weighted by atomic mass is 10.0. The maximum Gasteiger partial charge on any atom is 0.356 e. The van der Waals surface area contributed by atoms with Crippen molar-refractivity contribution >= 4 is 46.0 Å². The van der Waals surface area contributed by atoms with Crippen LogP contribution in [0.3, 0.4) is 0 Å². The smallest absolute Gasteiger partial charge is 0.356 e. The zero-order valence-corrected chi connectivity index (χ0v) is 20.8. The maximum absolute atomic E-state index is 13.2. The molecule has 188 valence electrons. The van der Waals surface area contributed by atoms with Crippen LogP contribution < -0.4 is 21.4 Å². The number of nitrogens with one attached hydrogen (secondary N) is 1. The van der Waals surface area contributed by atoms with E-state index in [1.54, 1.807) is 24.3 Å². The van der Waals surface area contributed by atoms with Crippen molar-refractivity contribution < 1.29 is 19.1 Å². The molecule has 10 heteroatoms. The summed E-state index contributed by atoms with van der Waals surface area (Å²) in [4.78, 5) is 42.3. The zero-order chi connectivity index (χ0) is 26.4. The number of pyridine rings is 1. The van der Waals surface area contributed by atoms with Crippen molar-refractivity contribution in [2.75, 3.05) is 10.2 Å². The molecule has 0 bridgehead atoms. The Bertz CT molecular complexity index is 1650. The normalized spacial score (nSPS) is 13.4. The Morgan fingerprint density at radius 2 is 1.89 bits per heavy atom. The Hall–Kier alpha value is -4.37. The molecule has 1 amide bonds. The average Bonchev–Trinajstić information content (AvgIpc) is 3.28. The van der Waals surface area contributed by atoms with Crippen molar-refractivity contribution in [2.45, 2.75) is 33.0 Å². The SMILES string of the molecule is Cc1cc(C(C)Nc2ccc(Cl)nc2C(=O)O)c2oc(N3Cc4ccc(C(N)=O)cc4C3)cc(=O)c2c1. The van der Waals surface area contributed by atoms with Gasteiger partial charge >= 0.3 is 5.97 Å². The van der Waals surface area contributed by atoms with Crippen molar-refractivity contribution in [3.63, 3.8) is 0 Å². The number of aromatic nitrogens is 1. The van der Waals surface area contributed by atoms with Crippen molar-refractivity contribution in [3.05, 3.63) is 97.4 Å². The maximum atomic E-state index is 13.2. The Morgan fingerprint density at radius 1 is 1.14 bits per heavy atom. The van der Waals surface area contributed by atoms with E-state index in [0.717, 1.165) is 16.7 Å². The lowest BCUT2D eigenvalue weighted by Gasteiger charge is -2.21. The number of halogens is 1. The number of amides is 1. The molecule has 1 aliphatic heterocycles. The number of nitrogens with two attached hydrogens (primary N) is 1. The summed E-state index contributed by atoms with van der Waals surface area (Å²) in [5, 5.41) is 13.2. The number of carboxylic acids is 1. The van der Waals surface area contributed by atoms with Crippen LogP contribution in [0.5, 0.6) is 0 Å². The van der Waals surface area contributed by atoms with Crippen LogP contribution in [-0.4, -0.2) is 22.0 Å². The summed E-state index contributed by atoms with van der Waals surface area (Å²) < 4.78 is 6.32. The number of fused-ring (bicyclic) bond motifs is 2. The molecule has 1 atom stereocenters. The Kier molecular flexibility index (Phi) is 6.08. The number of primary amides is 1. The van der Waals surface area contributed by atoms with E-state index in [4.69, 9.17) is 21.8 Å². The molecule has 9 nitrogen and oxygen atoms in total. The van der Waals surface area contributed by atoms with Gasteiger partial charge in [-0.15, -0.1) is 0 Å². The molecule has 0 aliphatic carbocycles. The van der Waals surface area contributed by atoms with Gasteiger partial charge in [-0.05, 0) is 60.9 Å². The minimum absolute atomic E-state index is 0.0711. The molecule has 1 unspecified atom stereocenters. The van der Waals surface area contributed by atoms with Gasteiger partial charge in [0.05, 0.1) is 17.1 Å². The monoisotopic (exact) mass is 518 g/mol. The predicted octanol–water partition coefficient (Wildman–Crippen LogP) is 4.64. The second-order valence-electron chi connectivity index (χ2n) is 9.08. The van der Waals surface area contributed by atoms with Gasteiger partial charge in [0.2, 0.25) is 11.8 Å². The predicted molar refractivity (Wildman–Crippen MR) is 140 cm³/mol. The van der Waals surface area contributed by atoms with Crippen LogP contribution in [0.4, 0.5) is 11.6 Å². The highest BCUT2D eigenvalue weighted by molar-refractivity contribution is 6.29. The molecule has 0 saturated heterocycles. The summed E-state index contributed by atoms with van der Waals surface area (Å²) in [6.07, 6.45) is 0. The first-order valence-corrected chi connectivity index (χ1v) is 11.9. The number of aromatic carboxylic acids is 1. The molecule has 37 heavy (non-hydrogen) atoms. The second kappa shape index (κ2) is 9.25. The summed E-state index contributed by atoms with van der Waals surface area (Å²) in [6, 6.07) is 13.1. The molecule has 0 spiro atoms. The van der Waals surface area contributed by atoms with Crippen LogP contribution in [0.2, 0.25) is 5.15 Å². The van der Waals surface area contributed by atoms with E-state index in [9.17, 15) is 19.5 Å². The standard InChI is InChI=1S/C27H23ClN4O5/c1-13-7-18(14(2)30-20-5-6-22(28)31-24(20)27(35)36)25-19(8-13)21(33)10-23(37-25)32-11-16-4-3-15(26(29)34)9-17(16)12-32/h3-10,14,30H,11-12H2,1-2H3,(H2,29,34)(H,35,36). The van der Waals surface area contributed by atoms with Crippen molar-refractivity contribution in [2.24, 2.45) is 5.73 Å². The summed E-state index contributed by atoms with van der Waals surface area (Å²) >= 11 is 5.89. The highest BCUT2D eigenvalue weighted by atomic mass is 35.5. The van der Waals surface area contributed by atoms with Gasteiger partial charge < -0.3 is 25.5 Å². The van der Waals surface area contributed by atoms with Crippen LogP contribution in [-0.2, 0) is 13.1 Å². The third-order valence-electron chi connectivity index (χ3n) is 6.42. The van der Waals surface area contributed by atoms with Crippen LogP contribution in [0.25, 0.3) is 11.0 Å². The number of aryl methyl sites for hydroxylation is 1. The highest BCUT2D eigenvalue weighted by Gasteiger charge is 2.24. The number of anilines is 2. The number of hydrogen-bond donors (Lipinski definition) is 3. The van der Waals surface area contributed by atoms with Gasteiger partial charge in [-0.2, -0.15) is 0 Å². The molecule has 5 rings (SSSR count). The number of benzene rings is 2. The van der Waals surface area contributed by atoms with E-state index in [-0.39, 0.29) is 22.0 Å². The largest absolute Gasteiger partial charge is 0.476 e. The van der Waals surface area contributed by atoms with E-state index in [1.165, 1.54) is 12.1 Å². The molecule has 3 heterocycles. The van der Waals surface area contributed by atoms with Gasteiger partial charge in [-0.3, -0.25) is 9.59 Å². The third-order valence-corrected chi connectivity index (χ3v) is 6.63. The topological polar surface area (TPSA) is 139 Å². The minimum Gasteiger partial charge on any atom is -0.476 e. The van der Waals surface area contributed by atoms with Gasteiger partial charge in [0.25, 0.3) is 0 Å². The lowest BCUT2D eigenvalue weighted by molar-refractivity contribution is 0.0691. The molecule has 0 radical (unpaired) electrons. The van der Waals surface area contributed by atoms with Crippen LogP contribution >= 0.6 is 11.6 Å². The lowest BCUT2D eigenvalue weighted by Crippen LogP contribution is -2.18. The van der Waals surface area contributed by atoms with Crippen LogP contribution in [0.15, 0.2) is 57.7 Å². The number of carboxylic acid groups (broad SMARTS) is 1. The van der Waals surface area contributed by atoms with Gasteiger partial charge in [0, 0.05) is 30.3 Å². The van der Waals surface area contributed by atoms with Gasteiger partial charge in [0.1, 0.15) is 10.7 Å². The van der Waals surface area contributed by atoms with Gasteiger partial charge in [-0.25, -0.2) is 9.78 Å². The van der Waals surface area contributed by atoms with E-state index in [1.807, 2.05) is 30.9 Å². The Morgan fingerprint density at radius 3 is 2.62 bits per heavy atom. The van der Waals surface area contributed by atoms with Crippen LogP contribution in [0, 0.1) is 6.92 Å². The van der Waals surface area contributed by atoms with E-state index >= 15 is 0 Å². The van der Waals surface area contributed by atoms with Crippen LogP contribution in [0.1, 0.15) is 56.1 Å². The molecule has 2 aromatic carbocycles. The van der Waals surface area contributed by atoms with E-state index in [0.29, 0.717) is 41.1 Å². The molecule has 4 N–H and O–H groups in total. The number of rotatable bonds is 6. The van der Waals surface area contributed by atoms with Gasteiger partial charge in [0.15, 0.2) is 11.1 Å². The third kappa shape index (κ3) is 4.61. The molecule has 1 aliphatic rings. The zero-order valence-electron chi connectivity index (χ0n) is 20.0. The number of carbonyl (C=O) groups excluding carboxylic acids is 1. The summed E-state index contributed by atoms with van der Waals surface area (Å²) in [5.74, 6) is -1.32. The fourth-order valence-corrected chi connectivity index (χ4v) is 4.78. The highest BCUT2D eigenvalue weighted by Crippen LogP contribution is 2.34. The molecular weight excluding hydrogens is 496 g/mol. The first-order valence-electron chi connectivity index (χ1n) is 11.5. The molecule has 0 saturated carbocycles. The fraction of sp³-hybridized carbons (Fsp3) is 0.185. The average molecular weight is 519 g/mol. The summed E-state index contributed by atoms with van der Waals surface area (Å²) in [5.41, 5.74) is 9.64. The minimum atomic E-state index is -1.21. The molecular formula is C27H23ClN4O5. The summed E-state index contributed by atoms with van der Waals surface area (Å²) in [7, 11) is 0. The first-order chi connectivity index (χ1) is 17.6. The van der Waals surface area contributed by atoms with Crippen molar-refractivity contribution in [1.82, 2.24) is 4.98 Å². The van der Waals surface area contributed by atoms with E-state index < -0.39 is 17.9 Å². The Labute approximate surface area is 216 Å². The van der Waals surface area contributed by atoms with Crippen molar-refractivity contribution in [3.8, 4) is 0 Å². The molecule has 4 aromatic rings. The molecule has 2 aromatic heterocycles. The quantitative estimate of drug-likeness (QED) is 0.314. The second-order valence-corrected chi connectivity index (χ2v) is 9.47. The Balaban J connectivity index is 1.54. The fourth-order valence-electron chi connectivity index (χ4n) is 4.63. The van der Waals surface area contributed by atoms with Gasteiger partial charge in [-0.1, -0.05) is 23.7 Å².